The van der Waals surface area contributed by atoms with E-state index in [9.17, 15) is 9.59 Å². The Morgan fingerprint density at radius 3 is 2.83 bits per heavy atom. The van der Waals surface area contributed by atoms with Gasteiger partial charge in [0.25, 0.3) is 0 Å². The maximum absolute atomic E-state index is 12.1. The molecule has 5 nitrogen and oxygen atoms in total. The Kier molecular flexibility index (Phi) is 4.90. The minimum absolute atomic E-state index is 0.201. The fourth-order valence-electron chi connectivity index (χ4n) is 2.49. The maximum atomic E-state index is 12.1. The van der Waals surface area contributed by atoms with Crippen LogP contribution in [0.25, 0.3) is 0 Å². The number of carboxylic acid groups (broad SMARTS) is 1. The number of hydrogen-bond acceptors (Lipinski definition) is 3. The summed E-state index contributed by atoms with van der Waals surface area (Å²) in [6, 6.07) is -0.937. The van der Waals surface area contributed by atoms with E-state index in [4.69, 9.17) is 10.8 Å². The van der Waals surface area contributed by atoms with E-state index in [-0.39, 0.29) is 12.3 Å². The van der Waals surface area contributed by atoms with Crippen molar-refractivity contribution < 1.29 is 14.7 Å². The standard InChI is InChI=1S/C13H22N2O3/c1-3-5-10(11(16)17)15-12(18)13(14)7-4-6-9(2)8-13/h3,9-10H,1,4-8,14H2,2H3,(H,15,18)(H,16,17). The number of amides is 1. The van der Waals surface area contributed by atoms with Gasteiger partial charge in [-0.2, -0.15) is 0 Å². The molecule has 3 unspecified atom stereocenters. The summed E-state index contributed by atoms with van der Waals surface area (Å²) in [5.41, 5.74) is 5.18. The average molecular weight is 254 g/mol. The van der Waals surface area contributed by atoms with Crippen LogP contribution >= 0.6 is 0 Å². The number of carboxylic acids is 1. The van der Waals surface area contributed by atoms with Gasteiger partial charge in [0.1, 0.15) is 6.04 Å². The average Bonchev–Trinajstić information content (AvgIpc) is 2.27. The van der Waals surface area contributed by atoms with Crippen molar-refractivity contribution >= 4 is 11.9 Å². The van der Waals surface area contributed by atoms with Crippen molar-refractivity contribution in [2.75, 3.05) is 0 Å². The molecule has 0 aromatic carbocycles. The predicted molar refractivity (Wildman–Crippen MR) is 68.9 cm³/mol. The topological polar surface area (TPSA) is 92.4 Å². The van der Waals surface area contributed by atoms with Crippen molar-refractivity contribution in [1.29, 1.82) is 0 Å². The Hall–Kier alpha value is -1.36. The molecular weight excluding hydrogens is 232 g/mol. The predicted octanol–water partition coefficient (Wildman–Crippen LogP) is 1.04. The van der Waals surface area contributed by atoms with Gasteiger partial charge in [-0.1, -0.05) is 25.8 Å². The fraction of sp³-hybridized carbons (Fsp3) is 0.692. The molecule has 4 N–H and O–H groups in total. The van der Waals surface area contributed by atoms with Crippen molar-refractivity contribution in [2.24, 2.45) is 11.7 Å². The molecule has 1 rings (SSSR count). The van der Waals surface area contributed by atoms with Crippen molar-refractivity contribution in [3.05, 3.63) is 12.7 Å². The molecule has 1 amide bonds. The van der Waals surface area contributed by atoms with E-state index in [1.54, 1.807) is 0 Å². The van der Waals surface area contributed by atoms with Gasteiger partial charge in [0, 0.05) is 0 Å². The molecule has 5 heteroatoms. The maximum Gasteiger partial charge on any atom is 0.326 e. The molecule has 3 atom stereocenters. The Balaban J connectivity index is 2.67. The molecule has 1 saturated carbocycles. The van der Waals surface area contributed by atoms with Gasteiger partial charge in [0.2, 0.25) is 5.91 Å². The van der Waals surface area contributed by atoms with Crippen molar-refractivity contribution in [3.63, 3.8) is 0 Å². The third-order valence-corrected chi connectivity index (χ3v) is 3.49. The number of aliphatic carboxylic acids is 1. The van der Waals surface area contributed by atoms with E-state index < -0.39 is 17.6 Å². The molecule has 0 aromatic rings. The molecule has 1 fully saturated rings. The van der Waals surface area contributed by atoms with Crippen LogP contribution in [0.2, 0.25) is 0 Å². The van der Waals surface area contributed by atoms with E-state index in [1.807, 2.05) is 0 Å². The van der Waals surface area contributed by atoms with E-state index in [0.717, 1.165) is 12.8 Å². The van der Waals surface area contributed by atoms with Crippen LogP contribution in [-0.4, -0.2) is 28.6 Å². The first-order chi connectivity index (χ1) is 8.39. The van der Waals surface area contributed by atoms with Crippen LogP contribution in [0.15, 0.2) is 12.7 Å². The molecule has 102 valence electrons. The van der Waals surface area contributed by atoms with Gasteiger partial charge in [-0.15, -0.1) is 6.58 Å². The Labute approximate surface area is 107 Å². The van der Waals surface area contributed by atoms with E-state index >= 15 is 0 Å². The van der Waals surface area contributed by atoms with Crippen molar-refractivity contribution in [1.82, 2.24) is 5.32 Å². The molecule has 0 radical (unpaired) electrons. The van der Waals surface area contributed by atoms with Crippen molar-refractivity contribution in [2.45, 2.75) is 50.6 Å². The zero-order valence-corrected chi connectivity index (χ0v) is 10.8. The summed E-state index contributed by atoms with van der Waals surface area (Å²) >= 11 is 0. The molecule has 0 spiro atoms. The third-order valence-electron chi connectivity index (χ3n) is 3.49. The molecule has 1 aliphatic rings. The Bertz CT molecular complexity index is 343. The first-order valence-electron chi connectivity index (χ1n) is 6.32. The van der Waals surface area contributed by atoms with Crippen LogP contribution in [0.3, 0.4) is 0 Å². The third kappa shape index (κ3) is 3.57. The zero-order valence-electron chi connectivity index (χ0n) is 10.8. The summed E-state index contributed by atoms with van der Waals surface area (Å²) in [5.74, 6) is -1.02. The van der Waals surface area contributed by atoms with Crippen LogP contribution in [0, 0.1) is 5.92 Å². The minimum atomic E-state index is -1.06. The number of rotatable bonds is 5. The number of hydrogen-bond donors (Lipinski definition) is 3. The van der Waals surface area contributed by atoms with Gasteiger partial charge in [-0.3, -0.25) is 4.79 Å². The highest BCUT2D eigenvalue weighted by molar-refractivity contribution is 5.90. The van der Waals surface area contributed by atoms with Gasteiger partial charge in [0.15, 0.2) is 0 Å². The second kappa shape index (κ2) is 6.00. The van der Waals surface area contributed by atoms with Crippen LogP contribution in [0.5, 0.6) is 0 Å². The second-order valence-corrected chi connectivity index (χ2v) is 5.25. The lowest BCUT2D eigenvalue weighted by molar-refractivity contribution is -0.143. The van der Waals surface area contributed by atoms with E-state index in [1.165, 1.54) is 6.08 Å². The lowest BCUT2D eigenvalue weighted by atomic mass is 9.76. The molecule has 0 bridgehead atoms. The highest BCUT2D eigenvalue weighted by Gasteiger charge is 2.39. The number of carbonyl (C=O) groups is 2. The van der Waals surface area contributed by atoms with Gasteiger partial charge in [-0.05, 0) is 25.2 Å². The smallest absolute Gasteiger partial charge is 0.326 e. The van der Waals surface area contributed by atoms with Crippen molar-refractivity contribution in [3.8, 4) is 0 Å². The second-order valence-electron chi connectivity index (χ2n) is 5.25. The Morgan fingerprint density at radius 2 is 2.33 bits per heavy atom. The summed E-state index contributed by atoms with van der Waals surface area (Å²) in [6.07, 6.45) is 4.88. The molecule has 0 aliphatic heterocycles. The van der Waals surface area contributed by atoms with Crippen LogP contribution in [-0.2, 0) is 9.59 Å². The van der Waals surface area contributed by atoms with Crippen LogP contribution in [0.4, 0.5) is 0 Å². The lowest BCUT2D eigenvalue weighted by Gasteiger charge is -2.36. The summed E-state index contributed by atoms with van der Waals surface area (Å²) in [6.45, 7) is 5.55. The molecule has 0 heterocycles. The summed E-state index contributed by atoms with van der Waals surface area (Å²) in [7, 11) is 0. The SMILES string of the molecule is C=CCC(NC(=O)C1(N)CCCC(C)C1)C(=O)O. The van der Waals surface area contributed by atoms with Gasteiger partial charge in [-0.25, -0.2) is 4.79 Å². The fourth-order valence-corrected chi connectivity index (χ4v) is 2.49. The summed E-state index contributed by atoms with van der Waals surface area (Å²) in [5, 5.41) is 11.5. The van der Waals surface area contributed by atoms with Gasteiger partial charge < -0.3 is 16.2 Å². The molecule has 1 aliphatic carbocycles. The highest BCUT2D eigenvalue weighted by atomic mass is 16.4. The van der Waals surface area contributed by atoms with Crippen LogP contribution in [0.1, 0.15) is 39.0 Å². The normalized spacial score (nSPS) is 29.3. The molecule has 18 heavy (non-hydrogen) atoms. The molecule has 0 saturated heterocycles. The lowest BCUT2D eigenvalue weighted by Crippen LogP contribution is -2.59. The van der Waals surface area contributed by atoms with Gasteiger partial charge >= 0.3 is 5.97 Å². The first-order valence-corrected chi connectivity index (χ1v) is 6.32. The monoisotopic (exact) mass is 254 g/mol. The zero-order chi connectivity index (χ0) is 13.8. The molecule has 0 aromatic heterocycles. The highest BCUT2D eigenvalue weighted by Crippen LogP contribution is 2.30. The van der Waals surface area contributed by atoms with E-state index in [0.29, 0.717) is 18.8 Å². The molecular formula is C13H22N2O3. The van der Waals surface area contributed by atoms with Crippen LogP contribution < -0.4 is 11.1 Å². The number of nitrogens with two attached hydrogens (primary N) is 1. The summed E-state index contributed by atoms with van der Waals surface area (Å²) in [4.78, 5) is 23.1. The quantitative estimate of drug-likeness (QED) is 0.639. The van der Waals surface area contributed by atoms with E-state index in [2.05, 4.69) is 18.8 Å². The Morgan fingerprint density at radius 1 is 1.67 bits per heavy atom. The van der Waals surface area contributed by atoms with Gasteiger partial charge in [0.05, 0.1) is 5.54 Å². The summed E-state index contributed by atoms with van der Waals surface area (Å²) < 4.78 is 0. The minimum Gasteiger partial charge on any atom is -0.480 e. The number of carbonyl (C=O) groups excluding carboxylic acids is 1. The largest absolute Gasteiger partial charge is 0.480 e. The first kappa shape index (κ1) is 14.7. The number of nitrogens with one attached hydrogen (secondary N) is 1.